The molecule has 3 heterocycles. The van der Waals surface area contributed by atoms with E-state index in [0.717, 1.165) is 28.0 Å². The Morgan fingerprint density at radius 1 is 0.923 bits per heavy atom. The third kappa shape index (κ3) is 3.41. The molecular weight excluding hydrogens is 443 g/mol. The van der Waals surface area contributed by atoms with Crippen LogP contribution in [0.1, 0.15) is 10.4 Å². The van der Waals surface area contributed by atoms with Gasteiger partial charge in [0, 0.05) is 42.1 Å². The Morgan fingerprint density at radius 3 is 2.31 bits per heavy atom. The monoisotopic (exact) mass is 460 g/mol. The van der Waals surface area contributed by atoms with Gasteiger partial charge in [-0.05, 0) is 52.9 Å². The van der Waals surface area contributed by atoms with Crippen LogP contribution in [0.5, 0.6) is 0 Å². The summed E-state index contributed by atoms with van der Waals surface area (Å²) in [6, 6.07) is 13.4. The molecule has 2 aromatic heterocycles. The van der Waals surface area contributed by atoms with E-state index in [1.54, 1.807) is 10.9 Å². The van der Waals surface area contributed by atoms with E-state index in [-0.39, 0.29) is 5.91 Å². The van der Waals surface area contributed by atoms with E-state index in [1.165, 1.54) is 0 Å². The van der Waals surface area contributed by atoms with Crippen LogP contribution in [-0.2, 0) is 0 Å². The van der Waals surface area contributed by atoms with Crippen molar-refractivity contribution in [2.75, 3.05) is 31.1 Å². The molecule has 1 fully saturated rings. The molecule has 0 radical (unpaired) electrons. The predicted molar refractivity (Wildman–Crippen MR) is 106 cm³/mol. The van der Waals surface area contributed by atoms with Crippen LogP contribution in [0.3, 0.4) is 0 Å². The summed E-state index contributed by atoms with van der Waals surface area (Å²) < 4.78 is 2.66. The normalized spacial score (nSPS) is 14.5. The molecule has 0 spiro atoms. The third-order valence-electron chi connectivity index (χ3n) is 4.37. The zero-order valence-corrected chi connectivity index (χ0v) is 16.2. The molecule has 1 amide bonds. The molecule has 7 nitrogen and oxygen atoms in total. The van der Waals surface area contributed by atoms with Crippen LogP contribution in [0, 0.1) is 3.57 Å². The molecule has 3 aromatic rings. The second kappa shape index (κ2) is 7.40. The molecule has 1 aliphatic rings. The van der Waals surface area contributed by atoms with Crippen LogP contribution in [-0.4, -0.2) is 57.0 Å². The highest BCUT2D eigenvalue weighted by molar-refractivity contribution is 14.1. The minimum atomic E-state index is 0.0924. The van der Waals surface area contributed by atoms with Gasteiger partial charge in [-0.1, -0.05) is 12.1 Å². The van der Waals surface area contributed by atoms with Gasteiger partial charge in [-0.25, -0.2) is 4.68 Å². The molecule has 0 saturated carbocycles. The molecule has 26 heavy (non-hydrogen) atoms. The van der Waals surface area contributed by atoms with E-state index < -0.39 is 0 Å². The first kappa shape index (κ1) is 17.0. The number of halogens is 1. The summed E-state index contributed by atoms with van der Waals surface area (Å²) in [6.07, 6.45) is 3.54. The Kier molecular flexibility index (Phi) is 4.83. The highest BCUT2D eigenvalue weighted by Gasteiger charge is 2.24. The van der Waals surface area contributed by atoms with Crippen molar-refractivity contribution in [1.29, 1.82) is 0 Å². The minimum Gasteiger partial charge on any atom is -0.352 e. The van der Waals surface area contributed by atoms with E-state index in [2.05, 4.69) is 42.8 Å². The van der Waals surface area contributed by atoms with Gasteiger partial charge >= 0.3 is 0 Å². The minimum absolute atomic E-state index is 0.0924. The summed E-state index contributed by atoms with van der Waals surface area (Å²) in [5.74, 6) is 1.60. The predicted octanol–water partition coefficient (Wildman–Crippen LogP) is 2.23. The number of hydrogen-bond acceptors (Lipinski definition) is 5. The Balaban J connectivity index is 1.40. The van der Waals surface area contributed by atoms with Crippen molar-refractivity contribution in [2.45, 2.75) is 0 Å². The maximum Gasteiger partial charge on any atom is 0.255 e. The second-order valence-corrected chi connectivity index (χ2v) is 7.12. The van der Waals surface area contributed by atoms with E-state index in [4.69, 9.17) is 0 Å². The van der Waals surface area contributed by atoms with Crippen LogP contribution in [0.4, 0.5) is 5.82 Å². The zero-order valence-electron chi connectivity index (χ0n) is 14.0. The summed E-state index contributed by atoms with van der Waals surface area (Å²) in [7, 11) is 0. The second-order valence-electron chi connectivity index (χ2n) is 5.96. The van der Waals surface area contributed by atoms with E-state index in [1.807, 2.05) is 53.6 Å². The molecule has 0 N–H and O–H groups in total. The van der Waals surface area contributed by atoms with Gasteiger partial charge < -0.3 is 9.80 Å². The smallest absolute Gasteiger partial charge is 0.255 e. The molecule has 0 aliphatic carbocycles. The number of nitrogens with zero attached hydrogens (tertiary/aromatic N) is 6. The molecule has 1 aliphatic heterocycles. The zero-order chi connectivity index (χ0) is 17.9. The van der Waals surface area contributed by atoms with Crippen molar-refractivity contribution >= 4 is 34.3 Å². The highest BCUT2D eigenvalue weighted by Crippen LogP contribution is 2.18. The van der Waals surface area contributed by atoms with E-state index in [9.17, 15) is 4.79 Å². The third-order valence-corrected chi connectivity index (χ3v) is 5.31. The van der Waals surface area contributed by atoms with Crippen LogP contribution < -0.4 is 4.90 Å². The lowest BCUT2D eigenvalue weighted by molar-refractivity contribution is 0.0745. The Hall–Kier alpha value is -2.49. The molecule has 8 heteroatoms. The maximum absolute atomic E-state index is 12.7. The average molecular weight is 460 g/mol. The Morgan fingerprint density at radius 2 is 1.65 bits per heavy atom. The van der Waals surface area contributed by atoms with E-state index >= 15 is 0 Å². The molecule has 4 rings (SSSR count). The number of amides is 1. The fraction of sp³-hybridized carbons (Fsp3) is 0.222. The van der Waals surface area contributed by atoms with Crippen LogP contribution in [0.2, 0.25) is 0 Å². The number of rotatable bonds is 3. The van der Waals surface area contributed by atoms with Gasteiger partial charge in [-0.15, -0.1) is 10.2 Å². The SMILES string of the molecule is O=C(c1ccccc1I)N1CCN(c2ccc(-n3cccn3)nn2)CC1. The summed E-state index contributed by atoms with van der Waals surface area (Å²) in [4.78, 5) is 16.8. The van der Waals surface area contributed by atoms with Crippen molar-refractivity contribution in [1.82, 2.24) is 24.9 Å². The highest BCUT2D eigenvalue weighted by atomic mass is 127. The molecule has 132 valence electrons. The van der Waals surface area contributed by atoms with Crippen LogP contribution in [0.25, 0.3) is 5.82 Å². The van der Waals surface area contributed by atoms with Crippen molar-refractivity contribution in [3.05, 3.63) is 64.0 Å². The number of anilines is 1. The van der Waals surface area contributed by atoms with Gasteiger partial charge in [-0.2, -0.15) is 5.10 Å². The largest absolute Gasteiger partial charge is 0.352 e. The molecule has 1 aromatic carbocycles. The van der Waals surface area contributed by atoms with Crippen LogP contribution >= 0.6 is 22.6 Å². The molecule has 0 unspecified atom stereocenters. The Bertz CT molecular complexity index is 888. The Labute approximate surface area is 164 Å². The first-order valence-corrected chi connectivity index (χ1v) is 9.43. The van der Waals surface area contributed by atoms with Crippen molar-refractivity contribution in [2.24, 2.45) is 0 Å². The molecule has 0 atom stereocenters. The van der Waals surface area contributed by atoms with Gasteiger partial charge in [0.15, 0.2) is 11.6 Å². The molecule has 1 saturated heterocycles. The summed E-state index contributed by atoms with van der Waals surface area (Å²) in [6.45, 7) is 2.83. The average Bonchev–Trinajstić information content (AvgIpc) is 3.23. The fourth-order valence-corrected chi connectivity index (χ4v) is 3.58. The van der Waals surface area contributed by atoms with Gasteiger partial charge in [0.05, 0.1) is 5.56 Å². The van der Waals surface area contributed by atoms with Gasteiger partial charge in [-0.3, -0.25) is 4.79 Å². The summed E-state index contributed by atoms with van der Waals surface area (Å²) >= 11 is 2.21. The first-order chi connectivity index (χ1) is 12.7. The number of hydrogen-bond donors (Lipinski definition) is 0. The maximum atomic E-state index is 12.7. The number of carbonyl (C=O) groups is 1. The number of carbonyl (C=O) groups excluding carboxylic acids is 1. The topological polar surface area (TPSA) is 67.2 Å². The van der Waals surface area contributed by atoms with Gasteiger partial charge in [0.1, 0.15) is 0 Å². The quantitative estimate of drug-likeness (QED) is 0.561. The van der Waals surface area contributed by atoms with Gasteiger partial charge in [0.2, 0.25) is 0 Å². The first-order valence-electron chi connectivity index (χ1n) is 8.35. The number of benzene rings is 1. The summed E-state index contributed by atoms with van der Waals surface area (Å²) in [5.41, 5.74) is 0.768. The summed E-state index contributed by atoms with van der Waals surface area (Å²) in [5, 5.41) is 12.7. The lowest BCUT2D eigenvalue weighted by Gasteiger charge is -2.35. The van der Waals surface area contributed by atoms with Crippen molar-refractivity contribution in [3.8, 4) is 5.82 Å². The molecular formula is C18H17IN6O. The van der Waals surface area contributed by atoms with Gasteiger partial charge in [0.25, 0.3) is 5.91 Å². The lowest BCUT2D eigenvalue weighted by Crippen LogP contribution is -2.49. The molecule has 0 bridgehead atoms. The number of piperazine rings is 1. The van der Waals surface area contributed by atoms with Crippen molar-refractivity contribution < 1.29 is 4.79 Å². The lowest BCUT2D eigenvalue weighted by atomic mass is 10.2. The van der Waals surface area contributed by atoms with Crippen molar-refractivity contribution in [3.63, 3.8) is 0 Å². The van der Waals surface area contributed by atoms with Crippen LogP contribution in [0.15, 0.2) is 54.9 Å². The standard InChI is InChI=1S/C18H17IN6O/c19-15-5-2-1-4-14(15)18(26)24-12-10-23(11-13-24)16-6-7-17(22-21-16)25-9-3-8-20-25/h1-9H,10-13H2. The van der Waals surface area contributed by atoms with E-state index in [0.29, 0.717) is 18.9 Å². The number of aromatic nitrogens is 4. The fourth-order valence-electron chi connectivity index (χ4n) is 2.96.